The Hall–Kier alpha value is -1.75. The Morgan fingerprint density at radius 2 is 2.17 bits per heavy atom. The van der Waals surface area contributed by atoms with E-state index in [4.69, 9.17) is 9.47 Å². The first-order chi connectivity index (χ1) is 10.9. The van der Waals surface area contributed by atoms with Gasteiger partial charge in [-0.15, -0.1) is 0 Å². The van der Waals surface area contributed by atoms with Crippen LogP contribution in [-0.4, -0.2) is 43.3 Å². The van der Waals surface area contributed by atoms with Gasteiger partial charge in [0.05, 0.1) is 7.11 Å². The molecule has 0 aromatic heterocycles. The van der Waals surface area contributed by atoms with E-state index in [0.717, 1.165) is 31.8 Å². The van der Waals surface area contributed by atoms with Crippen LogP contribution in [0.1, 0.15) is 32.8 Å². The molecule has 1 heterocycles. The number of ether oxygens (including phenoxy) is 2. The van der Waals surface area contributed by atoms with E-state index < -0.39 is 5.60 Å². The zero-order valence-corrected chi connectivity index (χ0v) is 14.6. The molecule has 1 N–H and O–H groups in total. The van der Waals surface area contributed by atoms with Crippen LogP contribution in [-0.2, 0) is 11.3 Å². The van der Waals surface area contributed by atoms with Gasteiger partial charge in [-0.3, -0.25) is 4.90 Å². The first kappa shape index (κ1) is 17.6. The van der Waals surface area contributed by atoms with Crippen LogP contribution in [0.15, 0.2) is 24.3 Å². The number of rotatable bonds is 5. The molecule has 1 aliphatic heterocycles. The number of likely N-dealkylation sites (tertiary alicyclic amines) is 1. The summed E-state index contributed by atoms with van der Waals surface area (Å²) in [6.07, 6.45) is 0.767. The monoisotopic (exact) mass is 320 g/mol. The lowest BCUT2D eigenvalue weighted by atomic mass is 10.1. The Balaban J connectivity index is 1.74. The number of nitrogens with zero attached hydrogens (tertiary/aromatic N) is 1. The van der Waals surface area contributed by atoms with Crippen molar-refractivity contribution >= 4 is 6.09 Å². The van der Waals surface area contributed by atoms with Crippen molar-refractivity contribution in [1.29, 1.82) is 0 Å². The number of benzene rings is 1. The van der Waals surface area contributed by atoms with Gasteiger partial charge in [-0.1, -0.05) is 12.1 Å². The van der Waals surface area contributed by atoms with Gasteiger partial charge in [0.2, 0.25) is 0 Å². The van der Waals surface area contributed by atoms with Crippen molar-refractivity contribution in [3.05, 3.63) is 29.8 Å². The van der Waals surface area contributed by atoms with Crippen molar-refractivity contribution in [2.24, 2.45) is 5.92 Å². The molecule has 23 heavy (non-hydrogen) atoms. The second-order valence-corrected chi connectivity index (χ2v) is 7.12. The number of hydrogen-bond donors (Lipinski definition) is 1. The molecule has 0 saturated carbocycles. The summed E-state index contributed by atoms with van der Waals surface area (Å²) in [5.74, 6) is 1.37. The van der Waals surface area contributed by atoms with Gasteiger partial charge in [0.25, 0.3) is 0 Å². The van der Waals surface area contributed by atoms with Gasteiger partial charge >= 0.3 is 6.09 Å². The molecule has 0 spiro atoms. The highest BCUT2D eigenvalue weighted by molar-refractivity contribution is 5.67. The molecule has 5 heteroatoms. The zero-order valence-electron chi connectivity index (χ0n) is 14.6. The summed E-state index contributed by atoms with van der Waals surface area (Å²) < 4.78 is 10.5. The van der Waals surface area contributed by atoms with Crippen molar-refractivity contribution in [2.45, 2.75) is 39.3 Å². The van der Waals surface area contributed by atoms with Gasteiger partial charge in [0.15, 0.2) is 0 Å². The number of alkyl carbamates (subject to hydrolysis) is 1. The standard InChI is InChI=1S/C18H28N2O3/c1-18(2,3)23-17(21)19-11-15-8-9-20(13-15)12-14-6-5-7-16(10-14)22-4/h5-7,10,15H,8-9,11-13H2,1-4H3,(H,19,21). The smallest absolute Gasteiger partial charge is 0.407 e. The number of carbonyl (C=O) groups is 1. The highest BCUT2D eigenvalue weighted by Crippen LogP contribution is 2.20. The number of nitrogens with one attached hydrogen (secondary N) is 1. The maximum atomic E-state index is 11.7. The Morgan fingerprint density at radius 3 is 2.87 bits per heavy atom. The van der Waals surface area contributed by atoms with Gasteiger partial charge in [-0.25, -0.2) is 4.79 Å². The van der Waals surface area contributed by atoms with Crippen LogP contribution in [0, 0.1) is 5.92 Å². The van der Waals surface area contributed by atoms with Gasteiger partial charge in [0.1, 0.15) is 11.4 Å². The van der Waals surface area contributed by atoms with Crippen LogP contribution >= 0.6 is 0 Å². The molecule has 0 radical (unpaired) electrons. The lowest BCUT2D eigenvalue weighted by molar-refractivity contribution is 0.0519. The summed E-state index contributed by atoms with van der Waals surface area (Å²) in [7, 11) is 1.69. The third-order valence-electron chi connectivity index (χ3n) is 3.84. The highest BCUT2D eigenvalue weighted by Gasteiger charge is 2.24. The molecule has 1 unspecified atom stereocenters. The fraction of sp³-hybridized carbons (Fsp3) is 0.611. The first-order valence-corrected chi connectivity index (χ1v) is 8.18. The Labute approximate surface area is 139 Å². The third-order valence-corrected chi connectivity index (χ3v) is 3.84. The molecule has 1 aliphatic rings. The molecular weight excluding hydrogens is 292 g/mol. The number of carbonyl (C=O) groups excluding carboxylic acids is 1. The van der Waals surface area contributed by atoms with Crippen LogP contribution in [0.3, 0.4) is 0 Å². The molecule has 1 saturated heterocycles. The molecule has 2 rings (SSSR count). The van der Waals surface area contributed by atoms with Crippen LogP contribution in [0.2, 0.25) is 0 Å². The van der Waals surface area contributed by atoms with Gasteiger partial charge < -0.3 is 14.8 Å². The zero-order chi connectivity index (χ0) is 16.9. The van der Waals surface area contributed by atoms with E-state index in [0.29, 0.717) is 12.5 Å². The maximum Gasteiger partial charge on any atom is 0.407 e. The predicted octanol–water partition coefficient (Wildman–Crippen LogP) is 3.04. The van der Waals surface area contributed by atoms with Gasteiger partial charge in [0, 0.05) is 19.6 Å². The van der Waals surface area contributed by atoms with Gasteiger partial charge in [-0.05, 0) is 57.4 Å². The lowest BCUT2D eigenvalue weighted by Crippen LogP contribution is -2.35. The Morgan fingerprint density at radius 1 is 1.39 bits per heavy atom. The van der Waals surface area contributed by atoms with Crippen LogP contribution in [0.25, 0.3) is 0 Å². The van der Waals surface area contributed by atoms with E-state index in [1.807, 2.05) is 32.9 Å². The number of hydrogen-bond acceptors (Lipinski definition) is 4. The molecule has 0 bridgehead atoms. The quantitative estimate of drug-likeness (QED) is 0.906. The van der Waals surface area contributed by atoms with Crippen molar-refractivity contribution in [2.75, 3.05) is 26.7 Å². The summed E-state index contributed by atoms with van der Waals surface area (Å²) in [5, 5.41) is 2.88. The SMILES string of the molecule is COc1cccc(CN2CCC(CNC(=O)OC(C)(C)C)C2)c1. The fourth-order valence-electron chi connectivity index (χ4n) is 2.79. The predicted molar refractivity (Wildman–Crippen MR) is 90.6 cm³/mol. The number of amides is 1. The minimum Gasteiger partial charge on any atom is -0.497 e. The molecule has 1 aromatic carbocycles. The molecule has 0 aliphatic carbocycles. The minimum absolute atomic E-state index is 0.330. The van der Waals surface area contributed by atoms with E-state index in [9.17, 15) is 4.79 Å². The number of methoxy groups -OCH3 is 1. The summed E-state index contributed by atoms with van der Waals surface area (Å²) in [5.41, 5.74) is 0.808. The van der Waals surface area contributed by atoms with Crippen molar-refractivity contribution in [3.8, 4) is 5.75 Å². The summed E-state index contributed by atoms with van der Waals surface area (Å²) in [6, 6.07) is 8.17. The summed E-state index contributed by atoms with van der Waals surface area (Å²) in [4.78, 5) is 14.1. The normalized spacial score (nSPS) is 18.7. The largest absolute Gasteiger partial charge is 0.497 e. The molecule has 1 aromatic rings. The Kier molecular flexibility index (Phi) is 5.88. The molecule has 5 nitrogen and oxygen atoms in total. The molecular formula is C18H28N2O3. The average Bonchev–Trinajstić information content (AvgIpc) is 2.91. The second-order valence-electron chi connectivity index (χ2n) is 7.12. The summed E-state index contributed by atoms with van der Waals surface area (Å²) in [6.45, 7) is 9.25. The first-order valence-electron chi connectivity index (χ1n) is 8.18. The second kappa shape index (κ2) is 7.68. The molecule has 1 fully saturated rings. The third kappa shape index (κ3) is 6.10. The van der Waals surface area contributed by atoms with Crippen molar-refractivity contribution in [1.82, 2.24) is 10.2 Å². The van der Waals surface area contributed by atoms with Gasteiger partial charge in [-0.2, -0.15) is 0 Å². The van der Waals surface area contributed by atoms with Crippen LogP contribution in [0.5, 0.6) is 5.75 Å². The minimum atomic E-state index is -0.446. The Bertz CT molecular complexity index is 525. The van der Waals surface area contributed by atoms with E-state index in [-0.39, 0.29) is 6.09 Å². The van der Waals surface area contributed by atoms with Crippen LogP contribution in [0.4, 0.5) is 4.79 Å². The molecule has 1 atom stereocenters. The highest BCUT2D eigenvalue weighted by atomic mass is 16.6. The van der Waals surface area contributed by atoms with E-state index in [2.05, 4.69) is 22.3 Å². The van der Waals surface area contributed by atoms with E-state index in [1.54, 1.807) is 7.11 Å². The fourth-order valence-corrected chi connectivity index (χ4v) is 2.79. The van der Waals surface area contributed by atoms with Crippen molar-refractivity contribution < 1.29 is 14.3 Å². The molecule has 128 valence electrons. The van der Waals surface area contributed by atoms with E-state index in [1.165, 1.54) is 5.56 Å². The molecule has 1 amide bonds. The lowest BCUT2D eigenvalue weighted by Gasteiger charge is -2.21. The topological polar surface area (TPSA) is 50.8 Å². The van der Waals surface area contributed by atoms with Crippen molar-refractivity contribution in [3.63, 3.8) is 0 Å². The van der Waals surface area contributed by atoms with Crippen LogP contribution < -0.4 is 10.1 Å². The average molecular weight is 320 g/mol. The summed E-state index contributed by atoms with van der Waals surface area (Å²) >= 11 is 0. The van der Waals surface area contributed by atoms with E-state index >= 15 is 0 Å². The maximum absolute atomic E-state index is 11.7.